The molecule has 1 saturated carbocycles. The van der Waals surface area contributed by atoms with Crippen LogP contribution in [0.2, 0.25) is 0 Å². The van der Waals surface area contributed by atoms with Crippen LogP contribution in [0.1, 0.15) is 44.9 Å². The first-order valence-electron chi connectivity index (χ1n) is 6.15. The van der Waals surface area contributed by atoms with E-state index in [0.29, 0.717) is 6.04 Å². The third kappa shape index (κ3) is 3.08. The highest BCUT2D eigenvalue weighted by Crippen LogP contribution is 2.17. The predicted molar refractivity (Wildman–Crippen MR) is 62.3 cm³/mol. The van der Waals surface area contributed by atoms with Crippen LogP contribution in [-0.4, -0.2) is 21.6 Å². The molecular formula is C12H19N3O. The van der Waals surface area contributed by atoms with E-state index >= 15 is 0 Å². The zero-order valence-electron chi connectivity index (χ0n) is 9.56. The Kier molecular flexibility index (Phi) is 3.97. The fourth-order valence-electron chi connectivity index (χ4n) is 2.23. The Morgan fingerprint density at radius 3 is 2.50 bits per heavy atom. The highest BCUT2D eigenvalue weighted by Gasteiger charge is 2.14. The SMILES string of the molecule is O=C(NC1CCCCCCC1)n1ccnc1. The quantitative estimate of drug-likeness (QED) is 0.792. The molecule has 1 heterocycles. The summed E-state index contributed by atoms with van der Waals surface area (Å²) in [5.41, 5.74) is 0. The Labute approximate surface area is 96.1 Å². The fourth-order valence-corrected chi connectivity index (χ4v) is 2.23. The van der Waals surface area contributed by atoms with E-state index in [1.54, 1.807) is 12.4 Å². The van der Waals surface area contributed by atoms with Crippen molar-refractivity contribution in [3.05, 3.63) is 18.7 Å². The molecule has 0 unspecified atom stereocenters. The minimum Gasteiger partial charge on any atom is -0.335 e. The number of carbonyl (C=O) groups excluding carboxylic acids is 1. The van der Waals surface area contributed by atoms with Gasteiger partial charge in [0.1, 0.15) is 6.33 Å². The number of aromatic nitrogens is 2. The lowest BCUT2D eigenvalue weighted by molar-refractivity contribution is 0.235. The lowest BCUT2D eigenvalue weighted by atomic mass is 9.97. The van der Waals surface area contributed by atoms with Crippen LogP contribution in [0.25, 0.3) is 0 Å². The molecule has 16 heavy (non-hydrogen) atoms. The summed E-state index contributed by atoms with van der Waals surface area (Å²) in [5.74, 6) is 0. The normalized spacial score (nSPS) is 18.8. The highest BCUT2D eigenvalue weighted by molar-refractivity contribution is 5.76. The molecule has 2 rings (SSSR count). The molecule has 4 heteroatoms. The van der Waals surface area contributed by atoms with Gasteiger partial charge in [0.25, 0.3) is 0 Å². The van der Waals surface area contributed by atoms with Crippen molar-refractivity contribution in [1.29, 1.82) is 0 Å². The van der Waals surface area contributed by atoms with Crippen molar-refractivity contribution in [2.75, 3.05) is 0 Å². The van der Waals surface area contributed by atoms with E-state index in [2.05, 4.69) is 10.3 Å². The lowest BCUT2D eigenvalue weighted by Crippen LogP contribution is -2.37. The number of amides is 1. The fraction of sp³-hybridized carbons (Fsp3) is 0.667. The van der Waals surface area contributed by atoms with Gasteiger partial charge < -0.3 is 5.32 Å². The summed E-state index contributed by atoms with van der Waals surface area (Å²) >= 11 is 0. The Bertz CT molecular complexity index is 313. The average Bonchev–Trinajstić information content (AvgIpc) is 2.74. The molecule has 4 nitrogen and oxygen atoms in total. The Balaban J connectivity index is 1.85. The molecule has 1 aromatic heterocycles. The van der Waals surface area contributed by atoms with Crippen LogP contribution in [0, 0.1) is 0 Å². The summed E-state index contributed by atoms with van der Waals surface area (Å²) in [5, 5.41) is 3.07. The molecule has 1 aliphatic carbocycles. The molecule has 0 saturated heterocycles. The maximum absolute atomic E-state index is 11.8. The monoisotopic (exact) mass is 221 g/mol. The van der Waals surface area contributed by atoms with E-state index in [1.807, 2.05) is 0 Å². The molecule has 0 bridgehead atoms. The topological polar surface area (TPSA) is 46.9 Å². The van der Waals surface area contributed by atoms with Crippen molar-refractivity contribution in [1.82, 2.24) is 14.9 Å². The van der Waals surface area contributed by atoms with E-state index in [4.69, 9.17) is 0 Å². The molecule has 88 valence electrons. The largest absolute Gasteiger partial charge is 0.335 e. The molecule has 0 atom stereocenters. The van der Waals surface area contributed by atoms with Crippen LogP contribution in [0.15, 0.2) is 18.7 Å². The van der Waals surface area contributed by atoms with Gasteiger partial charge in [0.2, 0.25) is 0 Å². The van der Waals surface area contributed by atoms with Crippen molar-refractivity contribution >= 4 is 6.03 Å². The second kappa shape index (κ2) is 5.68. The van der Waals surface area contributed by atoms with Gasteiger partial charge in [0.15, 0.2) is 0 Å². The van der Waals surface area contributed by atoms with Crippen molar-refractivity contribution in [3.63, 3.8) is 0 Å². The van der Waals surface area contributed by atoms with E-state index in [0.717, 1.165) is 12.8 Å². The summed E-state index contributed by atoms with van der Waals surface area (Å²) in [7, 11) is 0. The number of hydrogen-bond donors (Lipinski definition) is 1. The number of imidazole rings is 1. The number of carbonyl (C=O) groups is 1. The van der Waals surface area contributed by atoms with Gasteiger partial charge in [-0.3, -0.25) is 4.57 Å². The number of nitrogens with one attached hydrogen (secondary N) is 1. The van der Waals surface area contributed by atoms with Gasteiger partial charge in [-0.25, -0.2) is 9.78 Å². The van der Waals surface area contributed by atoms with Crippen LogP contribution < -0.4 is 5.32 Å². The zero-order valence-corrected chi connectivity index (χ0v) is 9.56. The summed E-state index contributed by atoms with van der Waals surface area (Å²) in [6, 6.07) is 0.290. The first-order chi connectivity index (χ1) is 7.86. The van der Waals surface area contributed by atoms with Crippen molar-refractivity contribution in [2.45, 2.75) is 51.0 Å². The molecule has 1 fully saturated rings. The van der Waals surface area contributed by atoms with Crippen LogP contribution >= 0.6 is 0 Å². The highest BCUT2D eigenvalue weighted by atomic mass is 16.2. The third-order valence-electron chi connectivity index (χ3n) is 3.17. The van der Waals surface area contributed by atoms with Gasteiger partial charge in [-0.2, -0.15) is 0 Å². The third-order valence-corrected chi connectivity index (χ3v) is 3.17. The Morgan fingerprint density at radius 2 is 1.88 bits per heavy atom. The van der Waals surface area contributed by atoms with Crippen molar-refractivity contribution in [2.24, 2.45) is 0 Å². The maximum atomic E-state index is 11.8. The summed E-state index contributed by atoms with van der Waals surface area (Å²) in [6.45, 7) is 0. The standard InChI is InChI=1S/C12H19N3O/c16-12(15-9-8-13-10-15)14-11-6-4-2-1-3-5-7-11/h8-11H,1-7H2,(H,14,16). The van der Waals surface area contributed by atoms with Crippen LogP contribution in [0.3, 0.4) is 0 Å². The molecule has 0 aliphatic heterocycles. The van der Waals surface area contributed by atoms with E-state index in [1.165, 1.54) is 43.0 Å². The molecule has 1 N–H and O–H groups in total. The van der Waals surface area contributed by atoms with Gasteiger partial charge in [0, 0.05) is 18.4 Å². The van der Waals surface area contributed by atoms with Crippen LogP contribution in [0.4, 0.5) is 4.79 Å². The van der Waals surface area contributed by atoms with Gasteiger partial charge in [-0.15, -0.1) is 0 Å². The molecule has 1 aliphatic rings. The van der Waals surface area contributed by atoms with Gasteiger partial charge in [0.05, 0.1) is 0 Å². The Morgan fingerprint density at radius 1 is 1.19 bits per heavy atom. The summed E-state index contributed by atoms with van der Waals surface area (Å²) in [4.78, 5) is 15.7. The van der Waals surface area contributed by atoms with E-state index in [-0.39, 0.29) is 6.03 Å². The lowest BCUT2D eigenvalue weighted by Gasteiger charge is -2.20. The second-order valence-corrected chi connectivity index (χ2v) is 4.46. The summed E-state index contributed by atoms with van der Waals surface area (Å²) < 4.78 is 1.50. The van der Waals surface area contributed by atoms with Gasteiger partial charge in [-0.1, -0.05) is 32.1 Å². The smallest absolute Gasteiger partial charge is 0.327 e. The minimum absolute atomic E-state index is 0.0527. The van der Waals surface area contributed by atoms with Gasteiger partial charge in [-0.05, 0) is 12.8 Å². The number of hydrogen-bond acceptors (Lipinski definition) is 2. The second-order valence-electron chi connectivity index (χ2n) is 4.46. The Hall–Kier alpha value is -1.32. The molecule has 0 aromatic carbocycles. The van der Waals surface area contributed by atoms with Gasteiger partial charge >= 0.3 is 6.03 Å². The van der Waals surface area contributed by atoms with Crippen molar-refractivity contribution < 1.29 is 4.79 Å². The molecule has 0 radical (unpaired) electrons. The number of rotatable bonds is 1. The molecule has 0 spiro atoms. The summed E-state index contributed by atoms with van der Waals surface area (Å²) in [6.07, 6.45) is 13.5. The molecule has 1 aromatic rings. The molecule has 1 amide bonds. The van der Waals surface area contributed by atoms with E-state index < -0.39 is 0 Å². The first-order valence-corrected chi connectivity index (χ1v) is 6.15. The van der Waals surface area contributed by atoms with Crippen molar-refractivity contribution in [3.8, 4) is 0 Å². The first kappa shape index (κ1) is 11.2. The van der Waals surface area contributed by atoms with E-state index in [9.17, 15) is 4.79 Å². The predicted octanol–water partition coefficient (Wildman–Crippen LogP) is 2.55. The minimum atomic E-state index is -0.0527. The maximum Gasteiger partial charge on any atom is 0.327 e. The zero-order chi connectivity index (χ0) is 11.2. The molecular weight excluding hydrogens is 202 g/mol. The van der Waals surface area contributed by atoms with Crippen LogP contribution in [0.5, 0.6) is 0 Å². The average molecular weight is 221 g/mol. The van der Waals surface area contributed by atoms with Crippen LogP contribution in [-0.2, 0) is 0 Å². The number of nitrogens with zero attached hydrogens (tertiary/aromatic N) is 2.